The second kappa shape index (κ2) is 7.25. The van der Waals surface area contributed by atoms with E-state index in [9.17, 15) is 20.0 Å². The number of aromatic nitrogens is 1. The summed E-state index contributed by atoms with van der Waals surface area (Å²) in [4.78, 5) is 23.9. The molecule has 29 heavy (non-hydrogen) atoms. The largest absolute Gasteiger partial charge is 0.497 e. The fourth-order valence-electron chi connectivity index (χ4n) is 3.26. The molecule has 0 fully saturated rings. The number of aliphatic hydroxyl groups excluding tert-OH is 1. The number of nitro benzene ring substituents is 1. The standard InChI is InChI=1S/C21H16N2O6/c1-28-14-6-7-16(18(10-14)23(26)27)19-8-9-20(29-19)21(25)22-11-13(12-24)15-4-2-3-5-17(15)22/h2-11,24H,12H2,1H3. The van der Waals surface area contributed by atoms with Gasteiger partial charge in [0.2, 0.25) is 0 Å². The number of carbonyl (C=O) groups is 1. The zero-order valence-corrected chi connectivity index (χ0v) is 15.4. The van der Waals surface area contributed by atoms with Gasteiger partial charge in [0.25, 0.3) is 11.6 Å². The van der Waals surface area contributed by atoms with Crippen molar-refractivity contribution in [3.63, 3.8) is 0 Å². The topological polar surface area (TPSA) is 108 Å². The number of hydrogen-bond donors (Lipinski definition) is 1. The minimum Gasteiger partial charge on any atom is -0.497 e. The van der Waals surface area contributed by atoms with Crippen LogP contribution in [-0.4, -0.2) is 27.6 Å². The number of nitrogens with zero attached hydrogens (tertiary/aromatic N) is 2. The van der Waals surface area contributed by atoms with Gasteiger partial charge in [0.05, 0.1) is 35.8 Å². The third kappa shape index (κ3) is 3.15. The van der Waals surface area contributed by atoms with E-state index < -0.39 is 10.8 Å². The van der Waals surface area contributed by atoms with E-state index in [2.05, 4.69) is 0 Å². The minimum atomic E-state index is -0.533. The van der Waals surface area contributed by atoms with Crippen LogP contribution in [0.2, 0.25) is 0 Å². The number of ether oxygens (including phenoxy) is 1. The molecule has 2 aromatic carbocycles. The normalized spacial score (nSPS) is 11.0. The number of carbonyl (C=O) groups excluding carboxylic acids is 1. The number of fused-ring (bicyclic) bond motifs is 1. The highest BCUT2D eigenvalue weighted by atomic mass is 16.6. The van der Waals surface area contributed by atoms with Gasteiger partial charge in [-0.05, 0) is 30.3 Å². The second-order valence-electron chi connectivity index (χ2n) is 6.31. The number of benzene rings is 2. The van der Waals surface area contributed by atoms with Gasteiger partial charge < -0.3 is 14.3 Å². The van der Waals surface area contributed by atoms with Gasteiger partial charge in [-0.15, -0.1) is 0 Å². The van der Waals surface area contributed by atoms with Crippen molar-refractivity contribution in [1.29, 1.82) is 0 Å². The summed E-state index contributed by atoms with van der Waals surface area (Å²) in [6, 6.07) is 14.6. The Morgan fingerprint density at radius 1 is 1.21 bits per heavy atom. The molecule has 0 aliphatic carbocycles. The molecular formula is C21H16N2O6. The first kappa shape index (κ1) is 18.5. The molecule has 0 bridgehead atoms. The Hall–Kier alpha value is -3.91. The molecule has 0 atom stereocenters. The molecule has 1 N–H and O–H groups in total. The highest BCUT2D eigenvalue weighted by molar-refractivity contribution is 6.01. The van der Waals surface area contributed by atoms with Crippen LogP contribution in [0.1, 0.15) is 16.1 Å². The SMILES string of the molecule is COc1ccc(-c2ccc(C(=O)n3cc(CO)c4ccccc43)o2)c([N+](=O)[O-])c1. The second-order valence-corrected chi connectivity index (χ2v) is 6.31. The van der Waals surface area contributed by atoms with Gasteiger partial charge in [0.15, 0.2) is 5.76 Å². The molecule has 2 aromatic heterocycles. The molecule has 4 aromatic rings. The van der Waals surface area contributed by atoms with Crippen LogP contribution >= 0.6 is 0 Å². The third-order valence-corrected chi connectivity index (χ3v) is 4.67. The lowest BCUT2D eigenvalue weighted by atomic mass is 10.1. The summed E-state index contributed by atoms with van der Waals surface area (Å²) in [5.74, 6) is 0.124. The Bertz CT molecular complexity index is 1240. The van der Waals surface area contributed by atoms with Gasteiger partial charge in [-0.2, -0.15) is 0 Å². The monoisotopic (exact) mass is 392 g/mol. The molecule has 0 aliphatic heterocycles. The molecule has 0 unspecified atom stereocenters. The number of aliphatic hydroxyl groups is 1. The van der Waals surface area contributed by atoms with Gasteiger partial charge in [-0.3, -0.25) is 19.5 Å². The highest BCUT2D eigenvalue weighted by Crippen LogP contribution is 2.34. The molecule has 146 valence electrons. The summed E-state index contributed by atoms with van der Waals surface area (Å²) in [5, 5.41) is 21.7. The van der Waals surface area contributed by atoms with Crippen molar-refractivity contribution in [2.75, 3.05) is 7.11 Å². The first-order valence-electron chi connectivity index (χ1n) is 8.70. The quantitative estimate of drug-likeness (QED) is 0.406. The molecule has 8 heteroatoms. The van der Waals surface area contributed by atoms with E-state index in [0.717, 1.165) is 5.39 Å². The van der Waals surface area contributed by atoms with Gasteiger partial charge in [0, 0.05) is 17.1 Å². The van der Waals surface area contributed by atoms with Crippen LogP contribution in [0, 0.1) is 10.1 Å². The van der Waals surface area contributed by atoms with Crippen LogP contribution in [0.15, 0.2) is 65.2 Å². The first-order valence-corrected chi connectivity index (χ1v) is 8.70. The van der Waals surface area contributed by atoms with Crippen molar-refractivity contribution in [2.45, 2.75) is 6.61 Å². The molecule has 2 heterocycles. The maximum Gasteiger partial charge on any atom is 0.298 e. The smallest absolute Gasteiger partial charge is 0.298 e. The molecule has 0 aliphatic rings. The summed E-state index contributed by atoms with van der Waals surface area (Å²) in [6.07, 6.45) is 1.56. The van der Waals surface area contributed by atoms with Crippen LogP contribution in [0.3, 0.4) is 0 Å². The minimum absolute atomic E-state index is 0.0235. The van der Waals surface area contributed by atoms with E-state index in [1.165, 1.54) is 35.9 Å². The maximum absolute atomic E-state index is 13.0. The van der Waals surface area contributed by atoms with Crippen LogP contribution in [0.5, 0.6) is 5.75 Å². The van der Waals surface area contributed by atoms with Crippen molar-refractivity contribution < 1.29 is 24.0 Å². The van der Waals surface area contributed by atoms with Crippen molar-refractivity contribution in [2.24, 2.45) is 0 Å². The van der Waals surface area contributed by atoms with E-state index in [1.807, 2.05) is 12.1 Å². The van der Waals surface area contributed by atoms with Crippen molar-refractivity contribution in [1.82, 2.24) is 4.57 Å². The third-order valence-electron chi connectivity index (χ3n) is 4.67. The predicted octanol–water partition coefficient (Wildman–Crippen LogP) is 4.00. The number of furan rings is 1. The number of hydrogen-bond acceptors (Lipinski definition) is 6. The molecule has 4 rings (SSSR count). The average Bonchev–Trinajstić information content (AvgIpc) is 3.38. The number of nitro groups is 1. The van der Waals surface area contributed by atoms with E-state index in [-0.39, 0.29) is 29.4 Å². The Morgan fingerprint density at radius 3 is 2.72 bits per heavy atom. The number of para-hydroxylation sites is 1. The van der Waals surface area contributed by atoms with E-state index in [1.54, 1.807) is 24.4 Å². The maximum atomic E-state index is 13.0. The van der Waals surface area contributed by atoms with Crippen LogP contribution < -0.4 is 4.74 Å². The molecule has 0 radical (unpaired) electrons. The highest BCUT2D eigenvalue weighted by Gasteiger charge is 2.22. The van der Waals surface area contributed by atoms with Gasteiger partial charge in [-0.1, -0.05) is 18.2 Å². The fourth-order valence-corrected chi connectivity index (χ4v) is 3.26. The Labute approximate surface area is 164 Å². The molecule has 0 spiro atoms. The van der Waals surface area contributed by atoms with Crippen molar-refractivity contribution in [3.8, 4) is 17.1 Å². The van der Waals surface area contributed by atoms with E-state index in [4.69, 9.17) is 9.15 Å². The first-order chi connectivity index (χ1) is 14.0. The number of methoxy groups -OCH3 is 1. The van der Waals surface area contributed by atoms with E-state index in [0.29, 0.717) is 16.8 Å². The molecule has 0 amide bonds. The Morgan fingerprint density at radius 2 is 2.00 bits per heavy atom. The van der Waals surface area contributed by atoms with Gasteiger partial charge >= 0.3 is 0 Å². The van der Waals surface area contributed by atoms with Gasteiger partial charge in [-0.25, -0.2) is 0 Å². The summed E-state index contributed by atoms with van der Waals surface area (Å²) in [7, 11) is 1.42. The molecule has 8 nitrogen and oxygen atoms in total. The summed E-state index contributed by atoms with van der Waals surface area (Å²) < 4.78 is 12.1. The lowest BCUT2D eigenvalue weighted by molar-refractivity contribution is -0.384. The molecule has 0 saturated heterocycles. The van der Waals surface area contributed by atoms with E-state index >= 15 is 0 Å². The molecule has 0 saturated carbocycles. The summed E-state index contributed by atoms with van der Waals surface area (Å²) in [5.41, 5.74) is 1.30. The van der Waals surface area contributed by atoms with Crippen LogP contribution in [0.4, 0.5) is 5.69 Å². The summed E-state index contributed by atoms with van der Waals surface area (Å²) >= 11 is 0. The van der Waals surface area contributed by atoms with Crippen LogP contribution in [-0.2, 0) is 6.61 Å². The lowest BCUT2D eigenvalue weighted by Crippen LogP contribution is -2.09. The average molecular weight is 392 g/mol. The zero-order chi connectivity index (χ0) is 20.5. The van der Waals surface area contributed by atoms with Crippen molar-refractivity contribution >= 4 is 22.5 Å². The molecular weight excluding hydrogens is 376 g/mol. The van der Waals surface area contributed by atoms with Crippen molar-refractivity contribution in [3.05, 3.63) is 82.2 Å². The van der Waals surface area contributed by atoms with Gasteiger partial charge in [0.1, 0.15) is 11.5 Å². The fraction of sp³-hybridized carbons (Fsp3) is 0.0952. The van der Waals surface area contributed by atoms with Crippen LogP contribution in [0.25, 0.3) is 22.2 Å². The Balaban J connectivity index is 1.76. The number of rotatable bonds is 5. The zero-order valence-electron chi connectivity index (χ0n) is 15.4. The Kier molecular flexibility index (Phi) is 4.61. The lowest BCUT2D eigenvalue weighted by Gasteiger charge is -2.04. The predicted molar refractivity (Wildman–Crippen MR) is 105 cm³/mol. The summed E-state index contributed by atoms with van der Waals surface area (Å²) in [6.45, 7) is -0.206.